The molecule has 6 nitrogen and oxygen atoms in total. The molecule has 2 atom stereocenters. The second-order valence-electron chi connectivity index (χ2n) is 4.03. The van der Waals surface area contributed by atoms with E-state index in [9.17, 15) is 0 Å². The zero-order valence-electron chi connectivity index (χ0n) is 9.63. The second kappa shape index (κ2) is 4.85. The minimum absolute atomic E-state index is 0.0888. The summed E-state index contributed by atoms with van der Waals surface area (Å²) in [6, 6.07) is 1.77. The van der Waals surface area contributed by atoms with Crippen molar-refractivity contribution in [2.75, 3.05) is 11.9 Å². The highest BCUT2D eigenvalue weighted by atomic mass is 35.5. The minimum Gasteiger partial charge on any atom is -0.396 e. The zero-order chi connectivity index (χ0) is 12.4. The average Bonchev–Trinajstić information content (AvgIpc) is 2.75. The quantitative estimate of drug-likeness (QED) is 0.803. The van der Waals surface area contributed by atoms with Crippen LogP contribution in [0.1, 0.15) is 13.8 Å². The average molecular weight is 256 g/mol. The highest BCUT2D eigenvalue weighted by Gasteiger charge is 2.13. The van der Waals surface area contributed by atoms with Crippen molar-refractivity contribution in [3.63, 3.8) is 0 Å². The molecule has 2 heterocycles. The Morgan fingerprint density at radius 3 is 3.00 bits per heavy atom. The van der Waals surface area contributed by atoms with Gasteiger partial charge in [0.1, 0.15) is 17.3 Å². The van der Waals surface area contributed by atoms with Crippen LogP contribution in [-0.4, -0.2) is 37.3 Å². The third-order valence-corrected chi connectivity index (χ3v) is 2.93. The molecule has 92 valence electrons. The molecule has 0 bridgehead atoms. The van der Waals surface area contributed by atoms with Gasteiger partial charge in [-0.25, -0.2) is 0 Å². The van der Waals surface area contributed by atoms with E-state index in [2.05, 4.69) is 20.4 Å². The van der Waals surface area contributed by atoms with Gasteiger partial charge < -0.3 is 10.4 Å². The van der Waals surface area contributed by atoms with Gasteiger partial charge in [-0.2, -0.15) is 19.6 Å². The summed E-state index contributed by atoms with van der Waals surface area (Å²) in [5.41, 5.74) is 0. The van der Waals surface area contributed by atoms with E-state index in [1.807, 2.05) is 13.8 Å². The second-order valence-corrected chi connectivity index (χ2v) is 4.42. The molecule has 2 N–H and O–H groups in total. The summed E-state index contributed by atoms with van der Waals surface area (Å²) in [5, 5.41) is 16.8. The van der Waals surface area contributed by atoms with Crippen molar-refractivity contribution < 1.29 is 5.11 Å². The number of anilines is 1. The van der Waals surface area contributed by atoms with E-state index < -0.39 is 0 Å². The van der Waals surface area contributed by atoms with Crippen LogP contribution in [0.25, 0.3) is 5.78 Å². The van der Waals surface area contributed by atoms with E-state index >= 15 is 0 Å². The maximum atomic E-state index is 9.10. The SMILES string of the molecule is CC(CO)C(C)Nc1cc(Cl)nc2ncnn12. The summed E-state index contributed by atoms with van der Waals surface area (Å²) in [4.78, 5) is 8.01. The summed E-state index contributed by atoms with van der Waals surface area (Å²) < 4.78 is 1.58. The van der Waals surface area contributed by atoms with Crippen molar-refractivity contribution in [2.24, 2.45) is 5.92 Å². The predicted octanol–water partition coefficient (Wildman–Crippen LogP) is 1.21. The van der Waals surface area contributed by atoms with Gasteiger partial charge in [0, 0.05) is 18.7 Å². The van der Waals surface area contributed by atoms with E-state index in [1.54, 1.807) is 10.6 Å². The van der Waals surface area contributed by atoms with Gasteiger partial charge in [0.15, 0.2) is 0 Å². The molecular formula is C10H14ClN5O. The van der Waals surface area contributed by atoms with E-state index in [-0.39, 0.29) is 18.6 Å². The summed E-state index contributed by atoms with van der Waals surface area (Å²) in [5.74, 6) is 1.29. The van der Waals surface area contributed by atoms with Crippen molar-refractivity contribution in [1.82, 2.24) is 19.6 Å². The molecule has 17 heavy (non-hydrogen) atoms. The summed E-state index contributed by atoms with van der Waals surface area (Å²) in [6.07, 6.45) is 1.42. The molecule has 0 radical (unpaired) electrons. The Morgan fingerprint density at radius 2 is 2.29 bits per heavy atom. The fourth-order valence-corrected chi connectivity index (χ4v) is 1.60. The van der Waals surface area contributed by atoms with E-state index in [4.69, 9.17) is 16.7 Å². The monoisotopic (exact) mass is 255 g/mol. The van der Waals surface area contributed by atoms with Crippen LogP contribution < -0.4 is 5.32 Å². The van der Waals surface area contributed by atoms with E-state index in [0.29, 0.717) is 16.7 Å². The van der Waals surface area contributed by atoms with Gasteiger partial charge in [0.05, 0.1) is 0 Å². The van der Waals surface area contributed by atoms with Crippen molar-refractivity contribution in [2.45, 2.75) is 19.9 Å². The smallest absolute Gasteiger partial charge is 0.255 e. The predicted molar refractivity (Wildman–Crippen MR) is 65.1 cm³/mol. The third kappa shape index (κ3) is 2.48. The zero-order valence-corrected chi connectivity index (χ0v) is 10.4. The van der Waals surface area contributed by atoms with Gasteiger partial charge in [0.2, 0.25) is 0 Å². The summed E-state index contributed by atoms with van der Waals surface area (Å²) in [7, 11) is 0. The molecule has 0 aliphatic heterocycles. The lowest BCUT2D eigenvalue weighted by Crippen LogP contribution is -2.27. The minimum atomic E-state index is 0.0888. The third-order valence-electron chi connectivity index (χ3n) is 2.74. The summed E-state index contributed by atoms with van der Waals surface area (Å²) >= 11 is 5.90. The molecule has 0 aliphatic rings. The normalized spacial score (nSPS) is 14.8. The molecule has 0 saturated heterocycles. The fourth-order valence-electron chi connectivity index (χ4n) is 1.42. The Balaban J connectivity index is 2.31. The lowest BCUT2D eigenvalue weighted by Gasteiger charge is -2.20. The molecule has 0 saturated carbocycles. The molecular weight excluding hydrogens is 242 g/mol. The van der Waals surface area contributed by atoms with Crippen molar-refractivity contribution in [3.05, 3.63) is 17.5 Å². The number of rotatable bonds is 4. The van der Waals surface area contributed by atoms with Gasteiger partial charge in [0.25, 0.3) is 5.78 Å². The summed E-state index contributed by atoms with van der Waals surface area (Å²) in [6.45, 7) is 4.06. The van der Waals surface area contributed by atoms with Crippen LogP contribution in [0.4, 0.5) is 5.82 Å². The van der Waals surface area contributed by atoms with E-state index in [1.165, 1.54) is 6.33 Å². The van der Waals surface area contributed by atoms with E-state index in [0.717, 1.165) is 0 Å². The maximum Gasteiger partial charge on any atom is 0.255 e. The number of nitrogens with one attached hydrogen (secondary N) is 1. The first-order valence-electron chi connectivity index (χ1n) is 5.35. The van der Waals surface area contributed by atoms with Crippen LogP contribution in [0.3, 0.4) is 0 Å². The molecule has 7 heteroatoms. The lowest BCUT2D eigenvalue weighted by atomic mass is 10.1. The number of hydrogen-bond donors (Lipinski definition) is 2. The van der Waals surface area contributed by atoms with Crippen LogP contribution in [0.2, 0.25) is 5.15 Å². The first-order valence-corrected chi connectivity index (χ1v) is 5.73. The standard InChI is InChI=1S/C10H14ClN5O/c1-6(4-17)7(2)14-9-3-8(11)15-10-12-5-13-16(9)10/h3,5-7,14,17H,4H2,1-2H3. The van der Waals surface area contributed by atoms with Crippen LogP contribution in [0, 0.1) is 5.92 Å². The fraction of sp³-hybridized carbons (Fsp3) is 0.500. The number of aliphatic hydroxyl groups excluding tert-OH is 1. The number of hydrogen-bond acceptors (Lipinski definition) is 5. The Labute approximate surface area is 104 Å². The van der Waals surface area contributed by atoms with Gasteiger partial charge in [-0.1, -0.05) is 18.5 Å². The number of nitrogens with zero attached hydrogens (tertiary/aromatic N) is 4. The van der Waals surface area contributed by atoms with Crippen molar-refractivity contribution >= 4 is 23.2 Å². The van der Waals surface area contributed by atoms with Gasteiger partial charge in [-0.15, -0.1) is 0 Å². The largest absolute Gasteiger partial charge is 0.396 e. The van der Waals surface area contributed by atoms with Crippen LogP contribution >= 0.6 is 11.6 Å². The van der Waals surface area contributed by atoms with Gasteiger partial charge in [-0.3, -0.25) is 0 Å². The highest BCUT2D eigenvalue weighted by molar-refractivity contribution is 6.29. The number of aromatic nitrogens is 4. The molecule has 2 aromatic heterocycles. The number of fused-ring (bicyclic) bond motifs is 1. The Hall–Kier alpha value is -1.40. The first-order chi connectivity index (χ1) is 8.11. The molecule has 0 amide bonds. The molecule has 0 fully saturated rings. The molecule has 2 aromatic rings. The first kappa shape index (κ1) is 12.1. The molecule has 0 aromatic carbocycles. The van der Waals surface area contributed by atoms with Crippen LogP contribution in [0.5, 0.6) is 0 Å². The molecule has 2 unspecified atom stereocenters. The van der Waals surface area contributed by atoms with Gasteiger partial charge >= 0.3 is 0 Å². The Morgan fingerprint density at radius 1 is 1.53 bits per heavy atom. The number of halogens is 1. The Kier molecular flexibility index (Phi) is 3.44. The molecule has 2 rings (SSSR count). The van der Waals surface area contributed by atoms with Crippen LogP contribution in [0.15, 0.2) is 12.4 Å². The highest BCUT2D eigenvalue weighted by Crippen LogP contribution is 2.17. The van der Waals surface area contributed by atoms with Crippen molar-refractivity contribution in [3.8, 4) is 0 Å². The molecule has 0 aliphatic carbocycles. The topological polar surface area (TPSA) is 75.3 Å². The van der Waals surface area contributed by atoms with Crippen LogP contribution in [-0.2, 0) is 0 Å². The molecule has 0 spiro atoms. The lowest BCUT2D eigenvalue weighted by molar-refractivity contribution is 0.226. The maximum absolute atomic E-state index is 9.10. The van der Waals surface area contributed by atoms with Gasteiger partial charge in [-0.05, 0) is 12.8 Å². The number of aliphatic hydroxyl groups is 1. The Bertz CT molecular complexity index is 514. The van der Waals surface area contributed by atoms with Crippen molar-refractivity contribution in [1.29, 1.82) is 0 Å².